The van der Waals surface area contributed by atoms with Crippen LogP contribution in [0.15, 0.2) is 60.8 Å². The Hall–Kier alpha value is -2.59. The van der Waals surface area contributed by atoms with Crippen LogP contribution in [0.1, 0.15) is 23.5 Å². The van der Waals surface area contributed by atoms with Crippen LogP contribution in [0, 0.1) is 0 Å². The van der Waals surface area contributed by atoms with Gasteiger partial charge in [-0.3, -0.25) is 4.79 Å². The molecule has 3 aromatic rings. The first kappa shape index (κ1) is 14.0. The molecule has 5 heteroatoms. The molecule has 1 atom stereocenters. The summed E-state index contributed by atoms with van der Waals surface area (Å²) in [5, 5.41) is 8.09. The molecule has 2 aromatic carbocycles. The molecule has 1 N–H and O–H groups in total. The van der Waals surface area contributed by atoms with Crippen LogP contribution in [0.5, 0.6) is 0 Å². The Morgan fingerprint density at radius 2 is 1.96 bits per heavy atom. The number of rotatable bonds is 2. The molecule has 1 aliphatic rings. The van der Waals surface area contributed by atoms with Crippen molar-refractivity contribution in [2.75, 3.05) is 5.32 Å². The first-order chi connectivity index (χ1) is 11.2. The number of carbonyl (C=O) groups excluding carboxylic acids is 1. The van der Waals surface area contributed by atoms with Gasteiger partial charge in [0.05, 0.1) is 11.9 Å². The number of amides is 1. The highest BCUT2D eigenvalue weighted by molar-refractivity contribution is 6.30. The van der Waals surface area contributed by atoms with Crippen LogP contribution in [0.25, 0.3) is 5.69 Å². The third-order valence-electron chi connectivity index (χ3n) is 4.07. The number of nitrogens with zero attached hydrogens (tertiary/aromatic N) is 2. The van der Waals surface area contributed by atoms with E-state index in [1.807, 2.05) is 60.8 Å². The zero-order valence-corrected chi connectivity index (χ0v) is 13.0. The number of halogens is 1. The fraction of sp³-hybridized carbons (Fsp3) is 0.111. The second-order valence-corrected chi connectivity index (χ2v) is 5.99. The van der Waals surface area contributed by atoms with Crippen molar-refractivity contribution in [3.05, 3.63) is 76.9 Å². The molecule has 1 aliphatic heterocycles. The summed E-state index contributed by atoms with van der Waals surface area (Å²) in [7, 11) is 0. The molecule has 0 saturated heterocycles. The van der Waals surface area contributed by atoms with Crippen molar-refractivity contribution in [1.29, 1.82) is 0 Å². The van der Waals surface area contributed by atoms with E-state index in [0.29, 0.717) is 11.4 Å². The van der Waals surface area contributed by atoms with E-state index in [2.05, 4.69) is 10.4 Å². The quantitative estimate of drug-likeness (QED) is 0.775. The molecule has 2 heterocycles. The Kier molecular flexibility index (Phi) is 3.39. The second-order valence-electron chi connectivity index (χ2n) is 5.56. The fourth-order valence-corrected chi connectivity index (χ4v) is 3.20. The standard InChI is InChI=1S/C18H14ClN3O/c19-13-6-4-5-12(9-13)15-10-17(23)21-18-16(15)11-20-22(18)14-7-2-1-3-8-14/h1-9,11,15H,10H2,(H,21,23). The summed E-state index contributed by atoms with van der Waals surface area (Å²) >= 11 is 6.11. The largest absolute Gasteiger partial charge is 0.310 e. The monoisotopic (exact) mass is 323 g/mol. The van der Waals surface area contributed by atoms with Gasteiger partial charge in [-0.1, -0.05) is 41.9 Å². The molecule has 4 nitrogen and oxygen atoms in total. The zero-order chi connectivity index (χ0) is 15.8. The maximum Gasteiger partial charge on any atom is 0.226 e. The van der Waals surface area contributed by atoms with Gasteiger partial charge < -0.3 is 5.32 Å². The molecule has 0 spiro atoms. The van der Waals surface area contributed by atoms with Crippen LogP contribution in [-0.4, -0.2) is 15.7 Å². The average molecular weight is 324 g/mol. The first-order valence-corrected chi connectivity index (χ1v) is 7.79. The lowest BCUT2D eigenvalue weighted by Gasteiger charge is -2.24. The van der Waals surface area contributed by atoms with E-state index in [4.69, 9.17) is 11.6 Å². The minimum atomic E-state index is -0.0325. The van der Waals surface area contributed by atoms with E-state index in [1.165, 1.54) is 0 Å². The molecule has 0 saturated carbocycles. The number of anilines is 1. The third-order valence-corrected chi connectivity index (χ3v) is 4.31. The minimum Gasteiger partial charge on any atom is -0.310 e. The number of aromatic nitrogens is 2. The molecule has 0 radical (unpaired) electrons. The van der Waals surface area contributed by atoms with Crippen molar-refractivity contribution in [3.8, 4) is 5.69 Å². The Morgan fingerprint density at radius 1 is 1.13 bits per heavy atom. The summed E-state index contributed by atoms with van der Waals surface area (Å²) in [6, 6.07) is 17.4. The molecule has 1 aromatic heterocycles. The normalized spacial score (nSPS) is 16.7. The Bertz CT molecular complexity index is 873. The van der Waals surface area contributed by atoms with Gasteiger partial charge in [0.15, 0.2) is 0 Å². The number of benzene rings is 2. The van der Waals surface area contributed by atoms with Gasteiger partial charge in [0.1, 0.15) is 5.82 Å². The van der Waals surface area contributed by atoms with E-state index in [1.54, 1.807) is 4.68 Å². The number of fused-ring (bicyclic) bond motifs is 1. The second kappa shape index (κ2) is 5.56. The van der Waals surface area contributed by atoms with Crippen molar-refractivity contribution in [1.82, 2.24) is 9.78 Å². The summed E-state index contributed by atoms with van der Waals surface area (Å²) in [6.07, 6.45) is 2.22. The van der Waals surface area contributed by atoms with Gasteiger partial charge >= 0.3 is 0 Å². The van der Waals surface area contributed by atoms with Gasteiger partial charge in [-0.2, -0.15) is 5.10 Å². The fourth-order valence-electron chi connectivity index (χ4n) is 3.01. The van der Waals surface area contributed by atoms with Crippen LogP contribution < -0.4 is 5.32 Å². The van der Waals surface area contributed by atoms with Crippen LogP contribution in [0.3, 0.4) is 0 Å². The van der Waals surface area contributed by atoms with Gasteiger partial charge in [-0.05, 0) is 29.8 Å². The van der Waals surface area contributed by atoms with Crippen molar-refractivity contribution in [2.24, 2.45) is 0 Å². The molecule has 23 heavy (non-hydrogen) atoms. The number of hydrogen-bond acceptors (Lipinski definition) is 2. The lowest BCUT2D eigenvalue weighted by molar-refractivity contribution is -0.116. The number of hydrogen-bond donors (Lipinski definition) is 1. The Labute approximate surface area is 138 Å². The summed E-state index contributed by atoms with van der Waals surface area (Å²) < 4.78 is 1.77. The highest BCUT2D eigenvalue weighted by Crippen LogP contribution is 2.38. The maximum atomic E-state index is 12.2. The predicted molar refractivity (Wildman–Crippen MR) is 90.1 cm³/mol. The van der Waals surface area contributed by atoms with Crippen LogP contribution in [0.4, 0.5) is 5.82 Å². The molecule has 1 amide bonds. The highest BCUT2D eigenvalue weighted by atomic mass is 35.5. The Morgan fingerprint density at radius 3 is 2.74 bits per heavy atom. The van der Waals surface area contributed by atoms with Gasteiger partial charge in [0.25, 0.3) is 0 Å². The van der Waals surface area contributed by atoms with Crippen LogP contribution in [0.2, 0.25) is 5.02 Å². The number of para-hydroxylation sites is 1. The summed E-state index contributed by atoms with van der Waals surface area (Å²) in [6.45, 7) is 0. The lowest BCUT2D eigenvalue weighted by atomic mass is 9.87. The van der Waals surface area contributed by atoms with Crippen LogP contribution in [-0.2, 0) is 4.79 Å². The summed E-state index contributed by atoms with van der Waals surface area (Å²) in [4.78, 5) is 12.2. The molecule has 114 valence electrons. The van der Waals surface area contributed by atoms with E-state index in [0.717, 1.165) is 22.6 Å². The molecule has 1 unspecified atom stereocenters. The Balaban J connectivity index is 1.83. The van der Waals surface area contributed by atoms with Crippen molar-refractivity contribution in [3.63, 3.8) is 0 Å². The molecular weight excluding hydrogens is 310 g/mol. The van der Waals surface area contributed by atoms with E-state index in [-0.39, 0.29) is 11.8 Å². The van der Waals surface area contributed by atoms with Crippen molar-refractivity contribution < 1.29 is 4.79 Å². The topological polar surface area (TPSA) is 46.9 Å². The maximum absolute atomic E-state index is 12.2. The molecule has 0 fully saturated rings. The smallest absolute Gasteiger partial charge is 0.226 e. The van der Waals surface area contributed by atoms with Gasteiger partial charge in [-0.15, -0.1) is 0 Å². The third kappa shape index (κ3) is 2.51. The van der Waals surface area contributed by atoms with Crippen molar-refractivity contribution >= 4 is 23.3 Å². The summed E-state index contributed by atoms with van der Waals surface area (Å²) in [5.74, 6) is 0.687. The van der Waals surface area contributed by atoms with Gasteiger partial charge in [0, 0.05) is 22.9 Å². The SMILES string of the molecule is O=C1CC(c2cccc(Cl)c2)c2cnn(-c3ccccc3)c2N1. The molecule has 0 bridgehead atoms. The van der Waals surface area contributed by atoms with E-state index in [9.17, 15) is 4.79 Å². The zero-order valence-electron chi connectivity index (χ0n) is 12.2. The van der Waals surface area contributed by atoms with Crippen LogP contribution >= 0.6 is 11.6 Å². The number of nitrogens with one attached hydrogen (secondary N) is 1. The van der Waals surface area contributed by atoms with E-state index >= 15 is 0 Å². The molecular formula is C18H14ClN3O. The molecule has 4 rings (SSSR count). The highest BCUT2D eigenvalue weighted by Gasteiger charge is 2.30. The van der Waals surface area contributed by atoms with E-state index < -0.39 is 0 Å². The predicted octanol–water partition coefficient (Wildman–Crippen LogP) is 4.00. The summed E-state index contributed by atoms with van der Waals surface area (Å²) in [5.41, 5.74) is 2.96. The van der Waals surface area contributed by atoms with Gasteiger partial charge in [-0.25, -0.2) is 4.68 Å². The minimum absolute atomic E-state index is 0.0137. The first-order valence-electron chi connectivity index (χ1n) is 7.41. The number of carbonyl (C=O) groups is 1. The van der Waals surface area contributed by atoms with Gasteiger partial charge in [0.2, 0.25) is 5.91 Å². The molecule has 0 aliphatic carbocycles. The lowest BCUT2D eigenvalue weighted by Crippen LogP contribution is -2.24. The average Bonchev–Trinajstić information content (AvgIpc) is 2.98. The van der Waals surface area contributed by atoms with Crippen molar-refractivity contribution in [2.45, 2.75) is 12.3 Å².